The van der Waals surface area contributed by atoms with Crippen LogP contribution in [0.1, 0.15) is 29.7 Å². The molecule has 0 amide bonds. The van der Waals surface area contributed by atoms with Crippen LogP contribution in [0.3, 0.4) is 0 Å². The van der Waals surface area contributed by atoms with Crippen molar-refractivity contribution in [2.75, 3.05) is 13.1 Å². The van der Waals surface area contributed by atoms with Gasteiger partial charge >= 0.3 is 0 Å². The number of fused-ring (bicyclic) bond motifs is 1. The van der Waals surface area contributed by atoms with Crippen molar-refractivity contribution < 1.29 is 13.9 Å². The predicted octanol–water partition coefficient (Wildman–Crippen LogP) is 4.16. The van der Waals surface area contributed by atoms with Crippen LogP contribution in [-0.2, 0) is 6.42 Å². The summed E-state index contributed by atoms with van der Waals surface area (Å²) in [5.41, 5.74) is 2.62. The average Bonchev–Trinajstić information content (AvgIpc) is 2.75. The predicted molar refractivity (Wildman–Crippen MR) is 114 cm³/mol. The molecule has 4 nitrogen and oxygen atoms in total. The molecule has 0 spiro atoms. The van der Waals surface area contributed by atoms with Crippen molar-refractivity contribution in [1.82, 2.24) is 9.88 Å². The molecule has 2 N–H and O–H groups in total. The zero-order valence-corrected chi connectivity index (χ0v) is 16.8. The van der Waals surface area contributed by atoms with Gasteiger partial charge < -0.3 is 10.1 Å². The van der Waals surface area contributed by atoms with E-state index < -0.39 is 17.6 Å². The monoisotopic (exact) mass is 410 g/mol. The highest BCUT2D eigenvalue weighted by molar-refractivity contribution is 5.85. The van der Waals surface area contributed by atoms with Gasteiger partial charge in [0.2, 0.25) is 0 Å². The number of aromatic amines is 1. The molecule has 6 heteroatoms. The molecule has 0 saturated carbocycles. The number of aryl methyl sites for hydroxylation is 2. The Morgan fingerprint density at radius 3 is 2.70 bits per heavy atom. The summed E-state index contributed by atoms with van der Waals surface area (Å²) in [5.74, 6) is -0.765. The summed E-state index contributed by atoms with van der Waals surface area (Å²) < 4.78 is 28.0. The molecular weight excluding hydrogens is 386 g/mol. The first-order valence-corrected chi connectivity index (χ1v) is 10.1. The number of benzene rings is 2. The smallest absolute Gasteiger partial charge is 0.259 e. The molecule has 1 unspecified atom stereocenters. The third-order valence-electron chi connectivity index (χ3n) is 5.79. The van der Waals surface area contributed by atoms with E-state index in [2.05, 4.69) is 4.98 Å². The topological polar surface area (TPSA) is 56.3 Å². The van der Waals surface area contributed by atoms with Gasteiger partial charge in [-0.2, -0.15) is 0 Å². The van der Waals surface area contributed by atoms with E-state index in [1.165, 1.54) is 12.1 Å². The maximum atomic E-state index is 14.0. The SMILES string of the molecule is Cc1ccc(F)c2c(=O)[nH]c(CCC(O)N3CC=C(c4ccccc4F)CC3)cc12. The third kappa shape index (κ3) is 4.06. The van der Waals surface area contributed by atoms with Gasteiger partial charge in [0, 0.05) is 24.3 Å². The molecule has 30 heavy (non-hydrogen) atoms. The van der Waals surface area contributed by atoms with Crippen LogP contribution in [0.4, 0.5) is 8.78 Å². The van der Waals surface area contributed by atoms with Crippen LogP contribution in [0.25, 0.3) is 16.3 Å². The van der Waals surface area contributed by atoms with Crippen LogP contribution in [0.5, 0.6) is 0 Å². The lowest BCUT2D eigenvalue weighted by molar-refractivity contribution is 0.00491. The number of nitrogens with one attached hydrogen (secondary N) is 1. The number of aliphatic hydroxyl groups is 1. The Morgan fingerprint density at radius 2 is 1.97 bits per heavy atom. The van der Waals surface area contributed by atoms with Gasteiger partial charge in [-0.05, 0) is 60.9 Å². The third-order valence-corrected chi connectivity index (χ3v) is 5.79. The standard InChI is InChI=1S/C24H24F2N2O2/c1-15-6-8-21(26)23-19(15)14-17(27-24(23)30)7-9-22(29)28-12-10-16(11-13-28)18-4-2-3-5-20(18)25/h2-6,8,10,14,22,29H,7,9,11-13H2,1H3,(H,27,30). The van der Waals surface area contributed by atoms with Crippen LogP contribution in [0.15, 0.2) is 53.3 Å². The van der Waals surface area contributed by atoms with Crippen LogP contribution >= 0.6 is 0 Å². The Labute approximate surface area is 173 Å². The van der Waals surface area contributed by atoms with Crippen molar-refractivity contribution in [3.05, 3.63) is 87.3 Å². The molecule has 0 radical (unpaired) electrons. The second-order valence-corrected chi connectivity index (χ2v) is 7.75. The van der Waals surface area contributed by atoms with Crippen LogP contribution in [0.2, 0.25) is 0 Å². The fraction of sp³-hybridized carbons (Fsp3) is 0.292. The second kappa shape index (κ2) is 8.50. The summed E-state index contributed by atoms with van der Waals surface area (Å²) in [6, 6.07) is 11.5. The second-order valence-electron chi connectivity index (χ2n) is 7.75. The lowest BCUT2D eigenvalue weighted by Gasteiger charge is -2.31. The van der Waals surface area contributed by atoms with Crippen LogP contribution in [0, 0.1) is 18.6 Å². The zero-order valence-electron chi connectivity index (χ0n) is 16.8. The lowest BCUT2D eigenvalue weighted by Crippen LogP contribution is -2.38. The first-order valence-electron chi connectivity index (χ1n) is 10.1. The molecule has 3 aromatic rings. The summed E-state index contributed by atoms with van der Waals surface area (Å²) >= 11 is 0. The fourth-order valence-electron chi connectivity index (χ4n) is 4.06. The number of hydrogen-bond donors (Lipinski definition) is 2. The number of halogens is 2. The van der Waals surface area contributed by atoms with E-state index in [0.717, 1.165) is 11.1 Å². The molecule has 4 rings (SSSR count). The quantitative estimate of drug-likeness (QED) is 0.664. The number of H-pyrrole nitrogens is 1. The highest BCUT2D eigenvalue weighted by Crippen LogP contribution is 2.26. The Kier molecular flexibility index (Phi) is 5.79. The average molecular weight is 410 g/mol. The Morgan fingerprint density at radius 1 is 1.17 bits per heavy atom. The largest absolute Gasteiger partial charge is 0.378 e. The molecule has 2 heterocycles. The molecule has 0 saturated heterocycles. The summed E-state index contributed by atoms with van der Waals surface area (Å²) in [6.07, 6.45) is 2.82. The molecule has 1 atom stereocenters. The van der Waals surface area contributed by atoms with Crippen molar-refractivity contribution in [3.8, 4) is 0 Å². The number of rotatable bonds is 5. The molecule has 1 aliphatic rings. The minimum Gasteiger partial charge on any atom is -0.378 e. The summed E-state index contributed by atoms with van der Waals surface area (Å²) in [6.45, 7) is 3.00. The highest BCUT2D eigenvalue weighted by atomic mass is 19.1. The minimum absolute atomic E-state index is 0.0705. The van der Waals surface area contributed by atoms with E-state index in [4.69, 9.17) is 0 Å². The molecule has 1 aliphatic heterocycles. The van der Waals surface area contributed by atoms with E-state index in [0.29, 0.717) is 49.0 Å². The number of aromatic nitrogens is 1. The molecule has 156 valence electrons. The Bertz CT molecular complexity index is 1170. The first kappa shape index (κ1) is 20.4. The molecule has 2 aromatic carbocycles. The molecule has 0 fully saturated rings. The van der Waals surface area contributed by atoms with Gasteiger partial charge in [0.05, 0.1) is 5.39 Å². The van der Waals surface area contributed by atoms with Gasteiger partial charge in [-0.25, -0.2) is 8.78 Å². The van der Waals surface area contributed by atoms with Crippen molar-refractivity contribution in [1.29, 1.82) is 0 Å². The first-order chi connectivity index (χ1) is 14.4. The maximum Gasteiger partial charge on any atom is 0.259 e. The van der Waals surface area contributed by atoms with Crippen molar-refractivity contribution in [2.24, 2.45) is 0 Å². The van der Waals surface area contributed by atoms with E-state index in [1.54, 1.807) is 24.3 Å². The molecule has 0 bridgehead atoms. The summed E-state index contributed by atoms with van der Waals surface area (Å²) in [4.78, 5) is 17.0. The van der Waals surface area contributed by atoms with Gasteiger partial charge in [0.15, 0.2) is 0 Å². The van der Waals surface area contributed by atoms with Crippen molar-refractivity contribution in [2.45, 2.75) is 32.4 Å². The van der Waals surface area contributed by atoms with Crippen LogP contribution < -0.4 is 5.56 Å². The molecule has 1 aromatic heterocycles. The highest BCUT2D eigenvalue weighted by Gasteiger charge is 2.20. The van der Waals surface area contributed by atoms with Gasteiger partial charge in [-0.3, -0.25) is 9.69 Å². The van der Waals surface area contributed by atoms with Gasteiger partial charge in [0.1, 0.15) is 17.9 Å². The van der Waals surface area contributed by atoms with E-state index in [-0.39, 0.29) is 11.2 Å². The Hall–Kier alpha value is -2.83. The van der Waals surface area contributed by atoms with E-state index in [9.17, 15) is 18.7 Å². The van der Waals surface area contributed by atoms with Gasteiger partial charge in [-0.15, -0.1) is 0 Å². The zero-order chi connectivity index (χ0) is 21.3. The Balaban J connectivity index is 1.43. The number of nitrogens with zero attached hydrogens (tertiary/aromatic N) is 1. The number of pyridine rings is 1. The minimum atomic E-state index is -0.684. The van der Waals surface area contributed by atoms with Crippen molar-refractivity contribution in [3.63, 3.8) is 0 Å². The van der Waals surface area contributed by atoms with Gasteiger partial charge in [-0.1, -0.05) is 30.3 Å². The molecule has 0 aliphatic carbocycles. The number of hydrogen-bond acceptors (Lipinski definition) is 3. The summed E-state index contributed by atoms with van der Waals surface area (Å²) in [5, 5.41) is 11.3. The van der Waals surface area contributed by atoms with E-state index in [1.807, 2.05) is 24.0 Å². The van der Waals surface area contributed by atoms with Crippen molar-refractivity contribution >= 4 is 16.3 Å². The fourth-order valence-corrected chi connectivity index (χ4v) is 4.06. The normalized spacial score (nSPS) is 15.9. The van der Waals surface area contributed by atoms with Crippen LogP contribution in [-0.4, -0.2) is 34.3 Å². The van der Waals surface area contributed by atoms with Gasteiger partial charge in [0.25, 0.3) is 5.56 Å². The summed E-state index contributed by atoms with van der Waals surface area (Å²) in [7, 11) is 0. The lowest BCUT2D eigenvalue weighted by atomic mass is 9.98. The van der Waals surface area contributed by atoms with E-state index >= 15 is 0 Å². The maximum absolute atomic E-state index is 14.0. The molecular formula is C24H24F2N2O2. The number of aliphatic hydroxyl groups excluding tert-OH is 1.